The predicted octanol–water partition coefficient (Wildman–Crippen LogP) is 5.40. The molecule has 26 heavy (non-hydrogen) atoms. The highest BCUT2D eigenvalue weighted by atomic mass is 35.5. The Hall–Kier alpha value is -1.95. The molecule has 0 fully saturated rings. The van der Waals surface area contributed by atoms with Crippen LogP contribution in [0.3, 0.4) is 0 Å². The molecule has 3 rings (SSSR count). The highest BCUT2D eigenvalue weighted by molar-refractivity contribution is 7.99. The quantitative estimate of drug-likeness (QED) is 0.572. The van der Waals surface area contributed by atoms with Crippen LogP contribution in [-0.4, -0.2) is 8.42 Å². The molecule has 0 radical (unpaired) electrons. The van der Waals surface area contributed by atoms with Crippen LogP contribution < -0.4 is 0 Å². The third-order valence-corrected chi connectivity index (χ3v) is 7.79. The largest absolute Gasteiger partial charge is 0.288 e. The number of halogens is 1. The highest BCUT2D eigenvalue weighted by Crippen LogP contribution is 2.22. The summed E-state index contributed by atoms with van der Waals surface area (Å²) in [5.74, 6) is 0.521. The Balaban J connectivity index is 2.05. The van der Waals surface area contributed by atoms with E-state index in [0.29, 0.717) is 10.8 Å². The Bertz CT molecular complexity index is 1010. The molecule has 0 N–H and O–H groups in total. The zero-order valence-corrected chi connectivity index (χ0v) is 16.6. The second kappa shape index (κ2) is 8.16. The topological polar surface area (TPSA) is 46.5 Å². The van der Waals surface area contributed by atoms with Gasteiger partial charge in [-0.1, -0.05) is 59.6 Å². The van der Waals surface area contributed by atoms with Gasteiger partial charge in [-0.05, 0) is 59.6 Å². The third-order valence-electron chi connectivity index (χ3n) is 3.74. The van der Waals surface area contributed by atoms with E-state index in [1.807, 2.05) is 49.4 Å². The lowest BCUT2D eigenvalue weighted by Crippen LogP contribution is -2.03. The van der Waals surface area contributed by atoms with E-state index < -0.39 is 20.7 Å². The van der Waals surface area contributed by atoms with Crippen LogP contribution in [-0.2, 0) is 26.5 Å². The molecule has 0 saturated heterocycles. The van der Waals surface area contributed by atoms with Crippen molar-refractivity contribution in [1.82, 2.24) is 0 Å². The average Bonchev–Trinajstić information content (AvgIpc) is 2.63. The van der Waals surface area contributed by atoms with E-state index >= 15 is 0 Å². The van der Waals surface area contributed by atoms with Crippen molar-refractivity contribution in [2.24, 2.45) is 3.77 Å². The van der Waals surface area contributed by atoms with Gasteiger partial charge in [0.1, 0.15) is 0 Å². The highest BCUT2D eigenvalue weighted by Gasteiger charge is 2.15. The molecule has 0 saturated carbocycles. The average molecular weight is 404 g/mol. The first-order valence-electron chi connectivity index (χ1n) is 7.99. The molecule has 0 aromatic heterocycles. The van der Waals surface area contributed by atoms with Gasteiger partial charge in [-0.3, -0.25) is 0 Å². The molecule has 3 nitrogen and oxygen atoms in total. The molecule has 3 aromatic rings. The first-order valence-corrected chi connectivity index (χ1v) is 11.2. The fourth-order valence-corrected chi connectivity index (χ4v) is 5.93. The fraction of sp³-hybridized carbons (Fsp3) is 0.100. The van der Waals surface area contributed by atoms with Crippen LogP contribution in [0.15, 0.2) is 92.4 Å². The van der Waals surface area contributed by atoms with Crippen LogP contribution in [0.1, 0.15) is 11.1 Å². The number of aryl methyl sites for hydroxylation is 1. The Kier molecular flexibility index (Phi) is 5.91. The maximum absolute atomic E-state index is 12.8. The molecule has 3 aromatic carbocycles. The standard InChI is InChI=1S/C20H18ClNO2S2/c1-16-7-13-20(14-8-16)26(23,24)22-25(15-17-5-3-2-4-6-17)19-11-9-18(21)10-12-19/h2-14H,15H2,1H3. The molecule has 0 bridgehead atoms. The Labute approximate surface area is 161 Å². The fourth-order valence-electron chi connectivity index (χ4n) is 2.35. The van der Waals surface area contributed by atoms with Crippen LogP contribution in [0.25, 0.3) is 0 Å². The minimum atomic E-state index is -3.75. The Morgan fingerprint density at radius 1 is 0.885 bits per heavy atom. The summed E-state index contributed by atoms with van der Waals surface area (Å²) in [7, 11) is -4.59. The molecule has 1 atom stereocenters. The van der Waals surface area contributed by atoms with Gasteiger partial charge in [0, 0.05) is 15.7 Å². The maximum atomic E-state index is 12.8. The maximum Gasteiger partial charge on any atom is 0.288 e. The van der Waals surface area contributed by atoms with Gasteiger partial charge in [-0.25, -0.2) is 0 Å². The first kappa shape index (κ1) is 18.8. The zero-order valence-electron chi connectivity index (χ0n) is 14.2. The molecule has 0 amide bonds. The molecule has 0 spiro atoms. The van der Waals surface area contributed by atoms with Crippen molar-refractivity contribution in [1.29, 1.82) is 0 Å². The second-order valence-corrected chi connectivity index (χ2v) is 9.76. The molecular weight excluding hydrogens is 386 g/mol. The summed E-state index contributed by atoms with van der Waals surface area (Å²) in [6.07, 6.45) is 0. The van der Waals surface area contributed by atoms with Crippen molar-refractivity contribution in [3.8, 4) is 0 Å². The summed E-state index contributed by atoms with van der Waals surface area (Å²) in [6, 6.07) is 23.7. The minimum Gasteiger partial charge on any atom is -0.199 e. The summed E-state index contributed by atoms with van der Waals surface area (Å²) in [5.41, 5.74) is 2.04. The Morgan fingerprint density at radius 3 is 2.12 bits per heavy atom. The van der Waals surface area contributed by atoms with E-state index in [-0.39, 0.29) is 4.90 Å². The molecule has 0 aliphatic rings. The van der Waals surface area contributed by atoms with Gasteiger partial charge in [-0.15, -0.1) is 3.77 Å². The van der Waals surface area contributed by atoms with Gasteiger partial charge in [0.05, 0.1) is 4.90 Å². The summed E-state index contributed by atoms with van der Waals surface area (Å²) in [6.45, 7) is 1.92. The number of hydrogen-bond acceptors (Lipinski definition) is 2. The van der Waals surface area contributed by atoms with E-state index in [1.165, 1.54) is 0 Å². The normalized spacial score (nSPS) is 12.8. The van der Waals surface area contributed by atoms with E-state index in [0.717, 1.165) is 16.0 Å². The molecule has 0 aliphatic carbocycles. The van der Waals surface area contributed by atoms with Crippen molar-refractivity contribution in [2.75, 3.05) is 0 Å². The van der Waals surface area contributed by atoms with Gasteiger partial charge in [0.2, 0.25) is 0 Å². The van der Waals surface area contributed by atoms with Crippen LogP contribution >= 0.6 is 11.6 Å². The van der Waals surface area contributed by atoms with Gasteiger partial charge >= 0.3 is 0 Å². The van der Waals surface area contributed by atoms with E-state index in [4.69, 9.17) is 11.6 Å². The molecule has 6 heteroatoms. The van der Waals surface area contributed by atoms with Gasteiger partial charge in [-0.2, -0.15) is 8.42 Å². The minimum absolute atomic E-state index is 0.211. The van der Waals surface area contributed by atoms with E-state index in [2.05, 4.69) is 3.77 Å². The van der Waals surface area contributed by atoms with Crippen molar-refractivity contribution < 1.29 is 8.42 Å². The van der Waals surface area contributed by atoms with Crippen LogP contribution in [0, 0.1) is 6.92 Å². The molecule has 134 valence electrons. The van der Waals surface area contributed by atoms with Gasteiger partial charge < -0.3 is 0 Å². The van der Waals surface area contributed by atoms with Crippen LogP contribution in [0.5, 0.6) is 0 Å². The monoisotopic (exact) mass is 403 g/mol. The lowest BCUT2D eigenvalue weighted by molar-refractivity contribution is 0.598. The summed E-state index contributed by atoms with van der Waals surface area (Å²) in [4.78, 5) is 1.05. The summed E-state index contributed by atoms with van der Waals surface area (Å²) >= 11 is 5.97. The smallest absolute Gasteiger partial charge is 0.199 e. The lowest BCUT2D eigenvalue weighted by atomic mass is 10.2. The molecule has 1 unspecified atom stereocenters. The predicted molar refractivity (Wildman–Crippen MR) is 108 cm³/mol. The number of benzene rings is 3. The van der Waals surface area contributed by atoms with Gasteiger partial charge in [0.15, 0.2) is 0 Å². The molecular formula is C20H18ClNO2S2. The van der Waals surface area contributed by atoms with Gasteiger partial charge in [0.25, 0.3) is 10.0 Å². The third kappa shape index (κ3) is 4.81. The number of nitrogens with zero attached hydrogens (tertiary/aromatic N) is 1. The van der Waals surface area contributed by atoms with Crippen molar-refractivity contribution in [3.63, 3.8) is 0 Å². The first-order chi connectivity index (χ1) is 12.4. The number of hydrogen-bond donors (Lipinski definition) is 0. The van der Waals surface area contributed by atoms with Crippen LogP contribution in [0.2, 0.25) is 5.02 Å². The van der Waals surface area contributed by atoms with Crippen molar-refractivity contribution >= 4 is 32.3 Å². The second-order valence-electron chi connectivity index (χ2n) is 5.81. The molecule has 0 heterocycles. The van der Waals surface area contributed by atoms with Crippen molar-refractivity contribution in [2.45, 2.75) is 22.5 Å². The van der Waals surface area contributed by atoms with Crippen molar-refractivity contribution in [3.05, 3.63) is 95.0 Å². The SMILES string of the molecule is Cc1ccc(S(=O)(=O)/N=S(/Cc2ccccc2)c2ccc(Cl)cc2)cc1. The van der Waals surface area contributed by atoms with Crippen LogP contribution in [0.4, 0.5) is 0 Å². The Morgan fingerprint density at radius 2 is 1.50 bits per heavy atom. The van der Waals surface area contributed by atoms with E-state index in [1.54, 1.807) is 36.4 Å². The summed E-state index contributed by atoms with van der Waals surface area (Å²) in [5, 5.41) is 0.610. The zero-order chi connectivity index (χ0) is 18.6. The molecule has 0 aliphatic heterocycles. The number of sulfonamides is 1. The van der Waals surface area contributed by atoms with E-state index in [9.17, 15) is 8.42 Å². The lowest BCUT2D eigenvalue weighted by Gasteiger charge is -2.10. The summed E-state index contributed by atoms with van der Waals surface area (Å²) < 4.78 is 29.9. The number of rotatable bonds is 5.